The first-order valence-electron chi connectivity index (χ1n) is 10.6. The third-order valence-electron chi connectivity index (χ3n) is 5.41. The van der Waals surface area contributed by atoms with Gasteiger partial charge in [0.2, 0.25) is 0 Å². The maximum atomic E-state index is 12.8. The molecule has 5 rings (SSSR count). The van der Waals surface area contributed by atoms with Crippen LogP contribution in [0.3, 0.4) is 0 Å². The number of carbonyl (C=O) groups is 3. The Morgan fingerprint density at radius 2 is 1.56 bits per heavy atom. The molecular formula is C26H15Cl2N3O4S. The molecule has 1 aliphatic rings. The standard InChI is InChI=1S/C26H15Cl2N3O4S/c27-14-8-9-20(28)19(12-14)21-10-11-22(35-21)23(32)30-26(36)29-15-4-3-5-16(13-15)31-24(33)17-6-1-2-7-18(17)25(31)34/h1-13H,(H2,29,30,32,36). The number of benzene rings is 3. The minimum Gasteiger partial charge on any atom is -0.451 e. The van der Waals surface area contributed by atoms with Crippen LogP contribution in [0.15, 0.2) is 83.3 Å². The van der Waals surface area contributed by atoms with Crippen molar-refractivity contribution in [1.29, 1.82) is 0 Å². The summed E-state index contributed by atoms with van der Waals surface area (Å²) in [6.45, 7) is 0. The molecule has 0 radical (unpaired) electrons. The van der Waals surface area contributed by atoms with Crippen molar-refractivity contribution in [2.24, 2.45) is 0 Å². The van der Waals surface area contributed by atoms with Gasteiger partial charge >= 0.3 is 0 Å². The number of rotatable bonds is 4. The first-order valence-corrected chi connectivity index (χ1v) is 11.7. The van der Waals surface area contributed by atoms with Crippen LogP contribution in [0.25, 0.3) is 11.3 Å². The average Bonchev–Trinajstić information content (AvgIpc) is 3.45. The highest BCUT2D eigenvalue weighted by Crippen LogP contribution is 2.32. The molecule has 2 heterocycles. The molecule has 0 unspecified atom stereocenters. The van der Waals surface area contributed by atoms with Gasteiger partial charge in [0, 0.05) is 16.3 Å². The van der Waals surface area contributed by atoms with Crippen molar-refractivity contribution in [3.63, 3.8) is 0 Å². The molecule has 0 fully saturated rings. The zero-order chi connectivity index (χ0) is 25.4. The van der Waals surface area contributed by atoms with E-state index >= 15 is 0 Å². The summed E-state index contributed by atoms with van der Waals surface area (Å²) in [5.74, 6) is -0.993. The van der Waals surface area contributed by atoms with Crippen molar-refractivity contribution in [3.8, 4) is 11.3 Å². The van der Waals surface area contributed by atoms with Crippen LogP contribution in [0.4, 0.5) is 11.4 Å². The fraction of sp³-hybridized carbons (Fsp3) is 0. The van der Waals surface area contributed by atoms with Gasteiger partial charge in [-0.05, 0) is 72.9 Å². The van der Waals surface area contributed by atoms with Crippen molar-refractivity contribution >= 4 is 69.6 Å². The lowest BCUT2D eigenvalue weighted by atomic mass is 10.1. The van der Waals surface area contributed by atoms with Gasteiger partial charge in [-0.2, -0.15) is 0 Å². The molecule has 0 spiro atoms. The zero-order valence-electron chi connectivity index (χ0n) is 18.2. The van der Waals surface area contributed by atoms with Crippen LogP contribution in [0, 0.1) is 0 Å². The first-order chi connectivity index (χ1) is 17.3. The quantitative estimate of drug-likeness (QED) is 0.239. The van der Waals surface area contributed by atoms with Crippen molar-refractivity contribution in [3.05, 3.63) is 106 Å². The molecule has 7 nitrogen and oxygen atoms in total. The number of imide groups is 1. The number of anilines is 2. The molecular weight excluding hydrogens is 521 g/mol. The van der Waals surface area contributed by atoms with Crippen molar-refractivity contribution < 1.29 is 18.8 Å². The topological polar surface area (TPSA) is 91.7 Å². The van der Waals surface area contributed by atoms with Gasteiger partial charge in [0.15, 0.2) is 10.9 Å². The van der Waals surface area contributed by atoms with Crippen LogP contribution < -0.4 is 15.5 Å². The second-order valence-electron chi connectivity index (χ2n) is 7.74. The Bertz CT molecular complexity index is 1530. The summed E-state index contributed by atoms with van der Waals surface area (Å²) in [5, 5.41) is 6.32. The Balaban J connectivity index is 1.28. The third-order valence-corrected chi connectivity index (χ3v) is 6.18. The molecule has 4 aromatic rings. The van der Waals surface area contributed by atoms with Crippen LogP contribution in [-0.2, 0) is 0 Å². The number of fused-ring (bicyclic) bond motifs is 1. The SMILES string of the molecule is O=C(NC(=S)Nc1cccc(N2C(=O)c3ccccc3C2=O)c1)c1ccc(-c2cc(Cl)ccc2Cl)o1. The van der Waals surface area contributed by atoms with Crippen LogP contribution >= 0.6 is 35.4 Å². The van der Waals surface area contributed by atoms with Crippen LogP contribution in [0.1, 0.15) is 31.3 Å². The highest BCUT2D eigenvalue weighted by atomic mass is 35.5. The summed E-state index contributed by atoms with van der Waals surface area (Å²) >= 11 is 17.5. The molecule has 0 aliphatic carbocycles. The van der Waals surface area contributed by atoms with Crippen molar-refractivity contribution in [2.45, 2.75) is 0 Å². The van der Waals surface area contributed by atoms with Gasteiger partial charge in [-0.15, -0.1) is 0 Å². The summed E-state index contributed by atoms with van der Waals surface area (Å²) in [5.41, 5.74) is 2.09. The summed E-state index contributed by atoms with van der Waals surface area (Å²) in [6.07, 6.45) is 0. The zero-order valence-corrected chi connectivity index (χ0v) is 20.6. The fourth-order valence-electron chi connectivity index (χ4n) is 3.76. The Kier molecular flexibility index (Phi) is 6.32. The monoisotopic (exact) mass is 535 g/mol. The molecule has 0 atom stereocenters. The molecule has 178 valence electrons. The lowest BCUT2D eigenvalue weighted by molar-refractivity contribution is 0.0922. The summed E-state index contributed by atoms with van der Waals surface area (Å²) < 4.78 is 5.64. The van der Waals surface area contributed by atoms with Gasteiger partial charge in [0.25, 0.3) is 17.7 Å². The molecule has 1 aliphatic heterocycles. The van der Waals surface area contributed by atoms with Crippen LogP contribution in [-0.4, -0.2) is 22.8 Å². The van der Waals surface area contributed by atoms with Crippen LogP contribution in [0.2, 0.25) is 10.0 Å². The largest absolute Gasteiger partial charge is 0.451 e. The summed E-state index contributed by atoms with van der Waals surface area (Å²) in [4.78, 5) is 39.3. The van der Waals surface area contributed by atoms with Gasteiger partial charge < -0.3 is 9.73 Å². The van der Waals surface area contributed by atoms with Crippen LogP contribution in [0.5, 0.6) is 0 Å². The summed E-state index contributed by atoms with van der Waals surface area (Å²) in [6, 6.07) is 21.2. The molecule has 10 heteroatoms. The first kappa shape index (κ1) is 23.7. The number of hydrogen-bond acceptors (Lipinski definition) is 5. The number of amides is 3. The highest BCUT2D eigenvalue weighted by molar-refractivity contribution is 7.80. The predicted octanol–water partition coefficient (Wildman–Crippen LogP) is 6.18. The van der Waals surface area contributed by atoms with E-state index in [2.05, 4.69) is 10.6 Å². The Morgan fingerprint density at radius 1 is 0.833 bits per heavy atom. The molecule has 36 heavy (non-hydrogen) atoms. The predicted molar refractivity (Wildman–Crippen MR) is 142 cm³/mol. The van der Waals surface area contributed by atoms with E-state index in [0.29, 0.717) is 43.9 Å². The Morgan fingerprint density at radius 3 is 2.28 bits per heavy atom. The number of furan rings is 1. The molecule has 3 aromatic carbocycles. The average molecular weight is 536 g/mol. The van der Waals surface area contributed by atoms with E-state index in [0.717, 1.165) is 4.90 Å². The molecule has 0 bridgehead atoms. The van der Waals surface area contributed by atoms with E-state index in [1.807, 2.05) is 0 Å². The number of carbonyl (C=O) groups excluding carboxylic acids is 3. The fourth-order valence-corrected chi connectivity index (χ4v) is 4.36. The van der Waals surface area contributed by atoms with Gasteiger partial charge in [0.1, 0.15) is 5.76 Å². The van der Waals surface area contributed by atoms with Crippen molar-refractivity contribution in [1.82, 2.24) is 5.32 Å². The summed E-state index contributed by atoms with van der Waals surface area (Å²) in [7, 11) is 0. The molecule has 1 aromatic heterocycles. The van der Waals surface area contributed by atoms with Gasteiger partial charge in [-0.3, -0.25) is 19.7 Å². The molecule has 0 saturated carbocycles. The maximum absolute atomic E-state index is 12.8. The highest BCUT2D eigenvalue weighted by Gasteiger charge is 2.36. The normalized spacial score (nSPS) is 12.4. The van der Waals surface area contributed by atoms with E-state index in [4.69, 9.17) is 39.8 Å². The Labute approximate surface area is 220 Å². The molecule has 3 amide bonds. The van der Waals surface area contributed by atoms with Gasteiger partial charge in [-0.25, -0.2) is 4.90 Å². The number of nitrogens with one attached hydrogen (secondary N) is 2. The second kappa shape index (κ2) is 9.58. The maximum Gasteiger partial charge on any atom is 0.293 e. The minimum absolute atomic E-state index is 0.00162. The Hall–Kier alpha value is -3.98. The molecule has 2 N–H and O–H groups in total. The van der Waals surface area contributed by atoms with Gasteiger partial charge in [-0.1, -0.05) is 41.4 Å². The van der Waals surface area contributed by atoms with E-state index in [-0.39, 0.29) is 10.9 Å². The second-order valence-corrected chi connectivity index (χ2v) is 8.99. The smallest absolute Gasteiger partial charge is 0.293 e. The van der Waals surface area contributed by atoms with E-state index in [1.54, 1.807) is 72.8 Å². The number of thiocarbonyl (C=S) groups is 1. The van der Waals surface area contributed by atoms with E-state index in [9.17, 15) is 14.4 Å². The minimum atomic E-state index is -0.576. The lowest BCUT2D eigenvalue weighted by Crippen LogP contribution is -2.34. The van der Waals surface area contributed by atoms with E-state index in [1.165, 1.54) is 6.07 Å². The van der Waals surface area contributed by atoms with Crippen molar-refractivity contribution in [2.75, 3.05) is 10.2 Å². The number of halogens is 2. The lowest BCUT2D eigenvalue weighted by Gasteiger charge is -2.16. The molecule has 0 saturated heterocycles. The third kappa shape index (κ3) is 4.49. The number of hydrogen-bond donors (Lipinski definition) is 2. The van der Waals surface area contributed by atoms with E-state index < -0.39 is 17.7 Å². The van der Waals surface area contributed by atoms with Gasteiger partial charge in [0.05, 0.1) is 21.8 Å². The number of nitrogens with zero attached hydrogens (tertiary/aromatic N) is 1.